The highest BCUT2D eigenvalue weighted by Gasteiger charge is 2.43. The van der Waals surface area contributed by atoms with Crippen LogP contribution in [0.3, 0.4) is 0 Å². The van der Waals surface area contributed by atoms with Gasteiger partial charge in [-0.1, -0.05) is 121 Å². The molecule has 6 heteroatoms. The molecule has 0 N–H and O–H groups in total. The zero-order valence-corrected chi connectivity index (χ0v) is 32.2. The first-order valence-corrected chi connectivity index (χ1v) is 20.8. The Balaban J connectivity index is 1.09. The van der Waals surface area contributed by atoms with E-state index in [4.69, 9.17) is 9.47 Å². The van der Waals surface area contributed by atoms with Crippen LogP contribution >= 0.6 is 0 Å². The second-order valence-electron chi connectivity index (χ2n) is 16.7. The van der Waals surface area contributed by atoms with Crippen LogP contribution < -0.4 is 42.3 Å². The van der Waals surface area contributed by atoms with Gasteiger partial charge in [-0.15, -0.1) is 0 Å². The van der Waals surface area contributed by atoms with Crippen molar-refractivity contribution in [2.75, 3.05) is 0 Å². The Morgan fingerprint density at radius 3 is 1.25 bits per heavy atom. The van der Waals surface area contributed by atoms with Crippen LogP contribution in [0.15, 0.2) is 182 Å². The first kappa shape index (κ1) is 31.3. The van der Waals surface area contributed by atoms with E-state index >= 15 is 0 Å². The Hall–Kier alpha value is -7.69. The van der Waals surface area contributed by atoms with Gasteiger partial charge in [0.2, 0.25) is 0 Å². The predicted octanol–water partition coefficient (Wildman–Crippen LogP) is 9.09. The molecule has 11 aromatic rings. The van der Waals surface area contributed by atoms with Crippen molar-refractivity contribution in [2.45, 2.75) is 0 Å². The maximum absolute atomic E-state index is 6.75. The monoisotopic (exact) mass is 760 g/mol. The molecule has 4 aliphatic rings. The summed E-state index contributed by atoms with van der Waals surface area (Å²) in [5, 5.41) is 4.96. The molecule has 4 aliphatic heterocycles. The van der Waals surface area contributed by atoms with Crippen LogP contribution in [0.2, 0.25) is 0 Å². The van der Waals surface area contributed by atoms with Crippen LogP contribution in [0, 0.1) is 0 Å². The molecule has 0 spiro atoms. The largest absolute Gasteiger partial charge is 0.458 e. The normalized spacial score (nSPS) is 13.5. The van der Waals surface area contributed by atoms with Gasteiger partial charge in [0, 0.05) is 32.9 Å². The van der Waals surface area contributed by atoms with Crippen LogP contribution in [0.25, 0.3) is 77.2 Å². The predicted molar refractivity (Wildman–Crippen MR) is 248 cm³/mol. The minimum absolute atomic E-state index is 0.0505. The van der Waals surface area contributed by atoms with Gasteiger partial charge in [-0.2, -0.15) is 0 Å². The minimum atomic E-state index is 0.0505. The molecule has 2 aromatic heterocycles. The van der Waals surface area contributed by atoms with Gasteiger partial charge in [-0.05, 0) is 116 Å². The first-order valence-electron chi connectivity index (χ1n) is 20.8. The highest BCUT2D eigenvalue weighted by Crippen LogP contribution is 2.45. The third kappa shape index (κ3) is 3.85. The molecule has 0 unspecified atom stereocenters. The second kappa shape index (κ2) is 11.1. The Bertz CT molecular complexity index is 3490. The second-order valence-corrected chi connectivity index (χ2v) is 16.7. The molecule has 0 atom stereocenters. The summed E-state index contributed by atoms with van der Waals surface area (Å²) in [5.74, 6) is 3.73. The van der Waals surface area contributed by atoms with Crippen molar-refractivity contribution in [3.05, 3.63) is 182 Å². The summed E-state index contributed by atoms with van der Waals surface area (Å²) in [4.78, 5) is 0. The van der Waals surface area contributed by atoms with Gasteiger partial charge >= 0.3 is 0 Å². The number of para-hydroxylation sites is 2. The van der Waals surface area contributed by atoms with Crippen LogP contribution in [-0.2, 0) is 0 Å². The Kier molecular flexibility index (Phi) is 5.78. The number of hydrogen-bond donors (Lipinski definition) is 0. The molecule has 0 amide bonds. The van der Waals surface area contributed by atoms with Crippen LogP contribution in [0.5, 0.6) is 23.0 Å². The summed E-state index contributed by atoms with van der Waals surface area (Å²) in [6.07, 6.45) is 0. The number of ether oxygens (including phenoxy) is 2. The topological polar surface area (TPSA) is 28.3 Å². The van der Waals surface area contributed by atoms with E-state index in [0.717, 1.165) is 23.0 Å². The Morgan fingerprint density at radius 2 is 0.767 bits per heavy atom. The van der Waals surface area contributed by atoms with Crippen molar-refractivity contribution >= 4 is 89.8 Å². The summed E-state index contributed by atoms with van der Waals surface area (Å²) < 4.78 is 18.6. The number of benzene rings is 9. The molecule has 0 bridgehead atoms. The van der Waals surface area contributed by atoms with E-state index in [2.05, 4.69) is 191 Å². The number of rotatable bonds is 2. The molecule has 4 nitrogen and oxygen atoms in total. The highest BCUT2D eigenvalue weighted by atomic mass is 16.5. The molecular formula is C54H30B2N2O2. The third-order valence-corrected chi connectivity index (χ3v) is 13.8. The summed E-state index contributed by atoms with van der Waals surface area (Å²) in [5.41, 5.74) is 19.6. The van der Waals surface area contributed by atoms with Crippen LogP contribution in [0.4, 0.5) is 0 Å². The minimum Gasteiger partial charge on any atom is -0.458 e. The molecule has 0 saturated heterocycles. The molecule has 0 radical (unpaired) electrons. The fraction of sp³-hybridized carbons (Fsp3) is 0. The molecule has 15 rings (SSSR count). The Morgan fingerprint density at radius 1 is 0.317 bits per heavy atom. The van der Waals surface area contributed by atoms with Crippen molar-refractivity contribution in [1.82, 2.24) is 9.13 Å². The van der Waals surface area contributed by atoms with E-state index in [1.807, 2.05) is 0 Å². The lowest BCUT2D eigenvalue weighted by atomic mass is 9.34. The van der Waals surface area contributed by atoms with E-state index in [-0.39, 0.29) is 13.4 Å². The zero-order valence-electron chi connectivity index (χ0n) is 32.2. The van der Waals surface area contributed by atoms with Gasteiger partial charge in [0.1, 0.15) is 23.0 Å². The lowest BCUT2D eigenvalue weighted by molar-refractivity contribution is 0.487. The van der Waals surface area contributed by atoms with Gasteiger partial charge in [-0.25, -0.2) is 0 Å². The zero-order chi connectivity index (χ0) is 38.8. The summed E-state index contributed by atoms with van der Waals surface area (Å²) in [7, 11) is 0. The van der Waals surface area contributed by atoms with Gasteiger partial charge in [-0.3, -0.25) is 0 Å². The average Bonchev–Trinajstić information content (AvgIpc) is 3.82. The van der Waals surface area contributed by atoms with Crippen molar-refractivity contribution in [3.8, 4) is 56.6 Å². The summed E-state index contributed by atoms with van der Waals surface area (Å²) in [6.45, 7) is 0.101. The number of aromatic nitrogens is 2. The van der Waals surface area contributed by atoms with Gasteiger partial charge in [0.15, 0.2) is 0 Å². The molecular weight excluding hydrogens is 730 g/mol. The molecule has 6 heterocycles. The Labute approximate surface area is 345 Å². The van der Waals surface area contributed by atoms with E-state index in [0.29, 0.717) is 0 Å². The quantitative estimate of drug-likeness (QED) is 0.165. The van der Waals surface area contributed by atoms with Crippen molar-refractivity contribution in [1.29, 1.82) is 0 Å². The van der Waals surface area contributed by atoms with Crippen molar-refractivity contribution in [2.24, 2.45) is 0 Å². The van der Waals surface area contributed by atoms with Gasteiger partial charge < -0.3 is 18.6 Å². The average molecular weight is 760 g/mol. The number of hydrogen-bond acceptors (Lipinski definition) is 2. The number of nitrogens with zero attached hydrogens (tertiary/aromatic N) is 2. The van der Waals surface area contributed by atoms with Gasteiger partial charge in [0.05, 0.1) is 22.1 Å². The first-order chi connectivity index (χ1) is 29.8. The number of fused-ring (bicyclic) bond motifs is 16. The lowest BCUT2D eigenvalue weighted by Gasteiger charge is -2.33. The standard InChI is InChI=1S/C54H30B2N2O2/c1-3-11-31(12-4-1)33-19-23-39-45(27-33)57-43-30-44-38(29-37(43)35-21-25-49-51(53(35)57)55(39)41-15-7-9-17-47(41)59-49)36-22-26-50-52-54(36)58(44)46-28-34(32-13-5-2-6-14-32)20-24-40(46)56(52)42-16-8-10-18-48(42)60-50/h1-30H. The fourth-order valence-corrected chi connectivity index (χ4v) is 11.4. The summed E-state index contributed by atoms with van der Waals surface area (Å²) in [6, 6.07) is 66.7. The molecule has 274 valence electrons. The van der Waals surface area contributed by atoms with Crippen molar-refractivity contribution < 1.29 is 9.47 Å². The molecule has 60 heavy (non-hydrogen) atoms. The van der Waals surface area contributed by atoms with Crippen LogP contribution in [-0.4, -0.2) is 22.6 Å². The SMILES string of the molecule is c1ccc(-c2ccc3c(c2)-n2c4cc5c(cc4c4ccc6c(c42)B3c2ccccc2O6)c2ccc3c4c2n5-c2cc(-c5ccccc5)ccc2B4c2ccccc2O3)cc1. The van der Waals surface area contributed by atoms with E-state index in [1.165, 1.54) is 110 Å². The van der Waals surface area contributed by atoms with E-state index in [9.17, 15) is 0 Å². The highest BCUT2D eigenvalue weighted by molar-refractivity contribution is 7.00. The lowest BCUT2D eigenvalue weighted by Crippen LogP contribution is -2.58. The molecule has 0 fully saturated rings. The smallest absolute Gasteiger partial charge is 0.256 e. The fourth-order valence-electron chi connectivity index (χ4n) is 11.4. The van der Waals surface area contributed by atoms with E-state index < -0.39 is 0 Å². The molecule has 0 saturated carbocycles. The molecule has 9 aromatic carbocycles. The van der Waals surface area contributed by atoms with Gasteiger partial charge in [0.25, 0.3) is 13.4 Å². The maximum Gasteiger partial charge on any atom is 0.256 e. The van der Waals surface area contributed by atoms with Crippen molar-refractivity contribution in [3.63, 3.8) is 0 Å². The maximum atomic E-state index is 6.75. The van der Waals surface area contributed by atoms with Crippen LogP contribution in [0.1, 0.15) is 0 Å². The molecule has 0 aliphatic carbocycles. The van der Waals surface area contributed by atoms with E-state index in [1.54, 1.807) is 0 Å². The summed E-state index contributed by atoms with van der Waals surface area (Å²) >= 11 is 0. The third-order valence-electron chi connectivity index (χ3n) is 13.8.